The Hall–Kier alpha value is -2.07. The molecule has 0 bridgehead atoms. The number of benzene rings is 2. The number of aryl methyl sites for hydroxylation is 1. The van der Waals surface area contributed by atoms with Crippen molar-refractivity contribution in [2.24, 2.45) is 5.41 Å². The maximum Gasteiger partial charge on any atom is 0.229 e. The molecule has 1 amide bonds. The summed E-state index contributed by atoms with van der Waals surface area (Å²) in [6, 6.07) is 14.9. The van der Waals surface area contributed by atoms with Crippen molar-refractivity contribution in [3.8, 4) is 0 Å². The van der Waals surface area contributed by atoms with Crippen LogP contribution in [0.5, 0.6) is 0 Å². The first-order valence-corrected chi connectivity index (χ1v) is 8.29. The molecule has 0 atom stereocenters. The molecule has 2 rings (SSSR count). The van der Waals surface area contributed by atoms with Gasteiger partial charge in [-0.2, -0.15) is 0 Å². The molecule has 0 saturated carbocycles. The average Bonchev–Trinajstić information content (AvgIpc) is 2.48. The van der Waals surface area contributed by atoms with Crippen molar-refractivity contribution >= 4 is 28.5 Å². The third kappa shape index (κ3) is 4.45. The fourth-order valence-electron chi connectivity index (χ4n) is 1.93. The van der Waals surface area contributed by atoms with Gasteiger partial charge in [-0.25, -0.2) is 0 Å². The van der Waals surface area contributed by atoms with Crippen molar-refractivity contribution in [2.75, 3.05) is 5.32 Å². The molecule has 0 radical (unpaired) electrons. The van der Waals surface area contributed by atoms with E-state index >= 15 is 0 Å². The third-order valence-corrected chi connectivity index (χ3v) is 4.37. The summed E-state index contributed by atoms with van der Waals surface area (Å²) in [7, 11) is 0. The Kier molecular flexibility index (Phi) is 5.26. The molecule has 4 heteroatoms. The van der Waals surface area contributed by atoms with Crippen molar-refractivity contribution in [3.63, 3.8) is 0 Å². The molecule has 2 aromatic carbocycles. The fourth-order valence-corrected chi connectivity index (χ4v) is 2.84. The summed E-state index contributed by atoms with van der Waals surface area (Å²) >= 11 is 1.14. The van der Waals surface area contributed by atoms with Gasteiger partial charge in [0, 0.05) is 15.9 Å². The lowest BCUT2D eigenvalue weighted by Gasteiger charge is -2.19. The highest BCUT2D eigenvalue weighted by atomic mass is 32.2. The first-order chi connectivity index (χ1) is 10.8. The molecular formula is C19H21NO2S. The van der Waals surface area contributed by atoms with Gasteiger partial charge in [-0.05, 0) is 36.4 Å². The standard InChI is InChI=1S/C19H21NO2S/c1-13-9-5-6-10-14(13)17(21)23-16-12-8-7-11-15(16)20-18(22)19(2,3)4/h5-12H,1-4H3,(H,20,22). The van der Waals surface area contributed by atoms with Crippen molar-refractivity contribution in [3.05, 3.63) is 59.7 Å². The van der Waals surface area contributed by atoms with Crippen LogP contribution in [0.25, 0.3) is 0 Å². The van der Waals surface area contributed by atoms with Crippen LogP contribution in [-0.2, 0) is 4.79 Å². The zero-order valence-corrected chi connectivity index (χ0v) is 14.7. The van der Waals surface area contributed by atoms with E-state index in [4.69, 9.17) is 0 Å². The van der Waals surface area contributed by atoms with Crippen LogP contribution in [0.2, 0.25) is 0 Å². The quantitative estimate of drug-likeness (QED) is 0.815. The number of amides is 1. The zero-order valence-electron chi connectivity index (χ0n) is 13.8. The average molecular weight is 327 g/mol. The van der Waals surface area contributed by atoms with E-state index < -0.39 is 5.41 Å². The van der Waals surface area contributed by atoms with Crippen molar-refractivity contribution in [2.45, 2.75) is 32.6 Å². The molecule has 120 valence electrons. The van der Waals surface area contributed by atoms with E-state index in [1.165, 1.54) is 0 Å². The summed E-state index contributed by atoms with van der Waals surface area (Å²) in [6.07, 6.45) is 0. The van der Waals surface area contributed by atoms with E-state index in [-0.39, 0.29) is 11.0 Å². The van der Waals surface area contributed by atoms with Crippen LogP contribution in [0.15, 0.2) is 53.4 Å². The highest BCUT2D eigenvalue weighted by molar-refractivity contribution is 8.14. The predicted octanol–water partition coefficient (Wildman–Crippen LogP) is 4.91. The van der Waals surface area contributed by atoms with Crippen LogP contribution in [0.3, 0.4) is 0 Å². The topological polar surface area (TPSA) is 46.2 Å². The number of hydrogen-bond acceptors (Lipinski definition) is 3. The first-order valence-electron chi connectivity index (χ1n) is 7.47. The highest BCUT2D eigenvalue weighted by Crippen LogP contribution is 2.31. The Labute approximate surface area is 141 Å². The van der Waals surface area contributed by atoms with Gasteiger partial charge in [-0.1, -0.05) is 57.2 Å². The lowest BCUT2D eigenvalue weighted by Crippen LogP contribution is -2.27. The lowest BCUT2D eigenvalue weighted by atomic mass is 9.95. The third-order valence-electron chi connectivity index (χ3n) is 3.38. The lowest BCUT2D eigenvalue weighted by molar-refractivity contribution is -0.123. The second kappa shape index (κ2) is 7.01. The molecule has 2 aromatic rings. The van der Waals surface area contributed by atoms with Crippen molar-refractivity contribution in [1.29, 1.82) is 0 Å². The molecule has 0 spiro atoms. The van der Waals surface area contributed by atoms with Crippen LogP contribution >= 0.6 is 11.8 Å². The summed E-state index contributed by atoms with van der Waals surface area (Å²) < 4.78 is 0. The number of nitrogens with one attached hydrogen (secondary N) is 1. The van der Waals surface area contributed by atoms with Crippen LogP contribution in [0.1, 0.15) is 36.7 Å². The minimum absolute atomic E-state index is 0.0273. The SMILES string of the molecule is Cc1ccccc1C(=O)Sc1ccccc1NC(=O)C(C)(C)C. The monoisotopic (exact) mass is 327 g/mol. The van der Waals surface area contributed by atoms with E-state index in [1.807, 2.05) is 76.2 Å². The minimum Gasteiger partial charge on any atom is -0.325 e. The maximum absolute atomic E-state index is 12.5. The Bertz CT molecular complexity index is 732. The molecule has 3 nitrogen and oxygen atoms in total. The summed E-state index contributed by atoms with van der Waals surface area (Å²) in [5.74, 6) is -0.0751. The fraction of sp³-hybridized carbons (Fsp3) is 0.263. The predicted molar refractivity (Wildman–Crippen MR) is 95.9 cm³/mol. The zero-order chi connectivity index (χ0) is 17.0. The largest absolute Gasteiger partial charge is 0.325 e. The molecular weight excluding hydrogens is 306 g/mol. The number of thioether (sulfide) groups is 1. The Morgan fingerprint density at radius 2 is 1.57 bits per heavy atom. The minimum atomic E-state index is -0.488. The second-order valence-corrected chi connectivity index (χ2v) is 7.42. The van der Waals surface area contributed by atoms with E-state index in [0.29, 0.717) is 11.3 Å². The summed E-state index contributed by atoms with van der Waals surface area (Å²) in [4.78, 5) is 25.5. The van der Waals surface area contributed by atoms with E-state index in [2.05, 4.69) is 5.32 Å². The van der Waals surface area contributed by atoms with Gasteiger partial charge < -0.3 is 5.32 Å². The molecule has 0 fully saturated rings. The molecule has 23 heavy (non-hydrogen) atoms. The van der Waals surface area contributed by atoms with Crippen molar-refractivity contribution < 1.29 is 9.59 Å². The second-order valence-electron chi connectivity index (χ2n) is 6.40. The van der Waals surface area contributed by atoms with Gasteiger partial charge in [-0.3, -0.25) is 9.59 Å². The number of carbonyl (C=O) groups excluding carboxylic acids is 2. The number of para-hydroxylation sites is 1. The number of carbonyl (C=O) groups is 2. The molecule has 0 saturated heterocycles. The Morgan fingerprint density at radius 3 is 2.22 bits per heavy atom. The van der Waals surface area contributed by atoms with E-state index in [9.17, 15) is 9.59 Å². The molecule has 1 N–H and O–H groups in total. The summed E-state index contributed by atoms with van der Waals surface area (Å²) in [6.45, 7) is 7.49. The van der Waals surface area contributed by atoms with Gasteiger partial charge in [-0.15, -0.1) is 0 Å². The van der Waals surface area contributed by atoms with Gasteiger partial charge in [0.2, 0.25) is 11.0 Å². The van der Waals surface area contributed by atoms with Gasteiger partial charge >= 0.3 is 0 Å². The Balaban J connectivity index is 2.23. The van der Waals surface area contributed by atoms with Gasteiger partial charge in [0.25, 0.3) is 0 Å². The first kappa shape index (κ1) is 17.3. The molecule has 0 unspecified atom stereocenters. The van der Waals surface area contributed by atoms with Crippen LogP contribution < -0.4 is 5.32 Å². The van der Waals surface area contributed by atoms with Crippen molar-refractivity contribution in [1.82, 2.24) is 0 Å². The van der Waals surface area contributed by atoms with Gasteiger partial charge in [0.05, 0.1) is 5.69 Å². The van der Waals surface area contributed by atoms with Crippen LogP contribution in [-0.4, -0.2) is 11.0 Å². The summed E-state index contributed by atoms with van der Waals surface area (Å²) in [5.41, 5.74) is 1.81. The molecule has 0 aliphatic carbocycles. The maximum atomic E-state index is 12.5. The normalized spacial score (nSPS) is 11.1. The van der Waals surface area contributed by atoms with E-state index in [0.717, 1.165) is 22.2 Å². The summed E-state index contributed by atoms with van der Waals surface area (Å²) in [5, 5.41) is 2.88. The van der Waals surface area contributed by atoms with Crippen LogP contribution in [0, 0.1) is 12.3 Å². The molecule has 0 aliphatic rings. The number of anilines is 1. The number of hydrogen-bond donors (Lipinski definition) is 1. The van der Waals surface area contributed by atoms with Gasteiger partial charge in [0.15, 0.2) is 0 Å². The molecule has 0 heterocycles. The highest BCUT2D eigenvalue weighted by Gasteiger charge is 2.22. The molecule has 0 aliphatic heterocycles. The van der Waals surface area contributed by atoms with Crippen LogP contribution in [0.4, 0.5) is 5.69 Å². The van der Waals surface area contributed by atoms with Gasteiger partial charge in [0.1, 0.15) is 0 Å². The molecule has 0 aromatic heterocycles. The van der Waals surface area contributed by atoms with E-state index in [1.54, 1.807) is 0 Å². The number of rotatable bonds is 3. The smallest absolute Gasteiger partial charge is 0.229 e. The Morgan fingerprint density at radius 1 is 0.957 bits per heavy atom.